The minimum Gasteiger partial charge on any atom is -0.493 e. The first kappa shape index (κ1) is 17.3. The van der Waals surface area contributed by atoms with Gasteiger partial charge in [0.2, 0.25) is 0 Å². The van der Waals surface area contributed by atoms with Crippen molar-refractivity contribution in [3.05, 3.63) is 29.3 Å². The topological polar surface area (TPSA) is 68.9 Å². The molecule has 0 unspecified atom stereocenters. The van der Waals surface area contributed by atoms with Crippen LogP contribution in [0.1, 0.15) is 31.4 Å². The molecule has 5 heteroatoms. The van der Waals surface area contributed by atoms with Crippen molar-refractivity contribution in [1.29, 1.82) is 0 Å². The molecule has 5 nitrogen and oxygen atoms in total. The van der Waals surface area contributed by atoms with E-state index in [1.54, 1.807) is 7.11 Å². The number of aryl methyl sites for hydroxylation is 1. The number of nitrogens with one attached hydrogen (secondary N) is 1. The SMILES string of the molecule is COCCCOc1cc(C)ccc1CN=C(N)NC(C)C. The average molecular weight is 293 g/mol. The van der Waals surface area contributed by atoms with Gasteiger partial charge in [-0.1, -0.05) is 12.1 Å². The molecule has 0 aliphatic carbocycles. The molecule has 118 valence electrons. The van der Waals surface area contributed by atoms with Gasteiger partial charge in [0.25, 0.3) is 0 Å². The third-order valence-corrected chi connectivity index (χ3v) is 2.83. The summed E-state index contributed by atoms with van der Waals surface area (Å²) in [6.45, 7) is 7.94. The van der Waals surface area contributed by atoms with Gasteiger partial charge < -0.3 is 20.5 Å². The quantitative estimate of drug-likeness (QED) is 0.438. The van der Waals surface area contributed by atoms with Crippen LogP contribution in [0.4, 0.5) is 0 Å². The summed E-state index contributed by atoms with van der Waals surface area (Å²) >= 11 is 0. The van der Waals surface area contributed by atoms with Gasteiger partial charge in [0, 0.05) is 31.7 Å². The van der Waals surface area contributed by atoms with E-state index in [1.807, 2.05) is 32.9 Å². The van der Waals surface area contributed by atoms with Gasteiger partial charge in [-0.3, -0.25) is 0 Å². The molecule has 0 saturated heterocycles. The molecule has 0 radical (unpaired) electrons. The zero-order chi connectivity index (χ0) is 15.7. The summed E-state index contributed by atoms with van der Waals surface area (Å²) in [5.74, 6) is 1.32. The zero-order valence-corrected chi connectivity index (χ0v) is 13.5. The molecule has 0 bridgehead atoms. The molecule has 1 rings (SSSR count). The molecule has 0 heterocycles. The normalized spacial score (nSPS) is 11.8. The first-order chi connectivity index (χ1) is 10.0. The highest BCUT2D eigenvalue weighted by Gasteiger charge is 2.05. The van der Waals surface area contributed by atoms with Crippen LogP contribution < -0.4 is 15.8 Å². The van der Waals surface area contributed by atoms with Crippen molar-refractivity contribution in [2.75, 3.05) is 20.3 Å². The van der Waals surface area contributed by atoms with Gasteiger partial charge in [0.1, 0.15) is 5.75 Å². The van der Waals surface area contributed by atoms with Crippen molar-refractivity contribution in [3.8, 4) is 5.75 Å². The Morgan fingerprint density at radius 1 is 1.33 bits per heavy atom. The van der Waals surface area contributed by atoms with Crippen molar-refractivity contribution >= 4 is 5.96 Å². The summed E-state index contributed by atoms with van der Waals surface area (Å²) in [6, 6.07) is 6.40. The Labute approximate surface area is 127 Å². The smallest absolute Gasteiger partial charge is 0.189 e. The van der Waals surface area contributed by atoms with E-state index in [9.17, 15) is 0 Å². The van der Waals surface area contributed by atoms with E-state index in [0.29, 0.717) is 25.7 Å². The fourth-order valence-corrected chi connectivity index (χ4v) is 1.82. The molecule has 0 aliphatic rings. The number of guanidine groups is 1. The summed E-state index contributed by atoms with van der Waals surface area (Å²) in [4.78, 5) is 4.35. The minimum atomic E-state index is 0.275. The van der Waals surface area contributed by atoms with Crippen LogP contribution in [-0.2, 0) is 11.3 Å². The molecule has 0 aromatic heterocycles. The largest absolute Gasteiger partial charge is 0.493 e. The van der Waals surface area contributed by atoms with Crippen LogP contribution in [-0.4, -0.2) is 32.3 Å². The number of rotatable bonds is 8. The number of methoxy groups -OCH3 is 1. The zero-order valence-electron chi connectivity index (χ0n) is 13.5. The summed E-state index contributed by atoms with van der Waals surface area (Å²) in [5.41, 5.74) is 8.02. The maximum atomic E-state index is 5.82. The van der Waals surface area contributed by atoms with E-state index in [0.717, 1.165) is 23.3 Å². The fraction of sp³-hybridized carbons (Fsp3) is 0.562. The van der Waals surface area contributed by atoms with Crippen molar-refractivity contribution in [3.63, 3.8) is 0 Å². The van der Waals surface area contributed by atoms with Crippen molar-refractivity contribution in [2.24, 2.45) is 10.7 Å². The molecule has 0 atom stereocenters. The number of nitrogens with zero attached hydrogens (tertiary/aromatic N) is 1. The number of ether oxygens (including phenoxy) is 2. The number of aliphatic imine (C=N–C) groups is 1. The van der Waals surface area contributed by atoms with Crippen LogP contribution in [0.3, 0.4) is 0 Å². The third-order valence-electron chi connectivity index (χ3n) is 2.83. The van der Waals surface area contributed by atoms with Crippen molar-refractivity contribution < 1.29 is 9.47 Å². The van der Waals surface area contributed by atoms with Crippen LogP contribution in [0, 0.1) is 6.92 Å². The Kier molecular flexibility index (Phi) is 7.61. The van der Waals surface area contributed by atoms with Crippen LogP contribution in [0.2, 0.25) is 0 Å². The maximum absolute atomic E-state index is 5.82. The maximum Gasteiger partial charge on any atom is 0.189 e. The van der Waals surface area contributed by atoms with Crippen molar-refractivity contribution in [2.45, 2.75) is 39.8 Å². The van der Waals surface area contributed by atoms with E-state index in [1.165, 1.54) is 0 Å². The van der Waals surface area contributed by atoms with Crippen LogP contribution in [0.15, 0.2) is 23.2 Å². The van der Waals surface area contributed by atoms with Gasteiger partial charge in [-0.15, -0.1) is 0 Å². The second kappa shape index (κ2) is 9.23. The number of hydrogen-bond acceptors (Lipinski definition) is 3. The highest BCUT2D eigenvalue weighted by molar-refractivity contribution is 5.78. The van der Waals surface area contributed by atoms with Gasteiger partial charge in [-0.25, -0.2) is 4.99 Å². The lowest BCUT2D eigenvalue weighted by Crippen LogP contribution is -2.36. The average Bonchev–Trinajstić information content (AvgIpc) is 2.42. The molecule has 0 amide bonds. The molecule has 21 heavy (non-hydrogen) atoms. The summed E-state index contributed by atoms with van der Waals surface area (Å²) in [5, 5.41) is 3.07. The summed E-state index contributed by atoms with van der Waals surface area (Å²) < 4.78 is 10.8. The lowest BCUT2D eigenvalue weighted by atomic mass is 10.1. The molecule has 1 aromatic carbocycles. The standard InChI is InChI=1S/C16H27N3O2/c1-12(2)19-16(17)18-11-14-7-6-13(3)10-15(14)21-9-5-8-20-4/h6-7,10,12H,5,8-9,11H2,1-4H3,(H3,17,18,19). The molecule has 0 saturated carbocycles. The van der Waals surface area contributed by atoms with Crippen LogP contribution >= 0.6 is 0 Å². The number of nitrogens with two attached hydrogens (primary N) is 1. The van der Waals surface area contributed by atoms with E-state index in [-0.39, 0.29) is 6.04 Å². The van der Waals surface area contributed by atoms with Gasteiger partial charge in [0.15, 0.2) is 5.96 Å². The number of benzene rings is 1. The van der Waals surface area contributed by atoms with Gasteiger partial charge in [0.05, 0.1) is 13.2 Å². The highest BCUT2D eigenvalue weighted by atomic mass is 16.5. The minimum absolute atomic E-state index is 0.275. The monoisotopic (exact) mass is 293 g/mol. The van der Waals surface area contributed by atoms with Crippen molar-refractivity contribution in [1.82, 2.24) is 5.32 Å². The molecule has 0 spiro atoms. The molecule has 1 aromatic rings. The summed E-state index contributed by atoms with van der Waals surface area (Å²) in [7, 11) is 1.69. The second-order valence-corrected chi connectivity index (χ2v) is 5.31. The Morgan fingerprint density at radius 3 is 2.76 bits per heavy atom. The first-order valence-corrected chi connectivity index (χ1v) is 7.30. The van der Waals surface area contributed by atoms with Gasteiger partial charge in [-0.2, -0.15) is 0 Å². The van der Waals surface area contributed by atoms with E-state index in [2.05, 4.69) is 16.4 Å². The Bertz CT molecular complexity index is 459. The summed E-state index contributed by atoms with van der Waals surface area (Å²) in [6.07, 6.45) is 0.865. The third kappa shape index (κ3) is 6.99. The molecule has 3 N–H and O–H groups in total. The Morgan fingerprint density at radius 2 is 2.10 bits per heavy atom. The molecular weight excluding hydrogens is 266 g/mol. The molecule has 0 aliphatic heterocycles. The Hall–Kier alpha value is -1.75. The Balaban J connectivity index is 2.67. The van der Waals surface area contributed by atoms with Crippen LogP contribution in [0.5, 0.6) is 5.75 Å². The van der Waals surface area contributed by atoms with Gasteiger partial charge in [-0.05, 0) is 32.4 Å². The van der Waals surface area contributed by atoms with Crippen LogP contribution in [0.25, 0.3) is 0 Å². The van der Waals surface area contributed by atoms with E-state index < -0.39 is 0 Å². The first-order valence-electron chi connectivity index (χ1n) is 7.30. The lowest BCUT2D eigenvalue weighted by molar-refractivity contribution is 0.172. The fourth-order valence-electron chi connectivity index (χ4n) is 1.82. The van der Waals surface area contributed by atoms with Gasteiger partial charge >= 0.3 is 0 Å². The predicted molar refractivity (Wildman–Crippen MR) is 86.8 cm³/mol. The lowest BCUT2D eigenvalue weighted by Gasteiger charge is -2.12. The second-order valence-electron chi connectivity index (χ2n) is 5.31. The predicted octanol–water partition coefficient (Wildman–Crippen LogP) is 2.22. The molecular formula is C16H27N3O2. The highest BCUT2D eigenvalue weighted by Crippen LogP contribution is 2.21. The molecule has 0 fully saturated rings. The van der Waals surface area contributed by atoms with E-state index >= 15 is 0 Å². The van der Waals surface area contributed by atoms with E-state index in [4.69, 9.17) is 15.2 Å². The number of hydrogen-bond donors (Lipinski definition) is 2.